The van der Waals surface area contributed by atoms with Crippen LogP contribution in [-0.2, 0) is 7.05 Å². The highest BCUT2D eigenvalue weighted by atomic mass is 32.1. The number of nitro groups is 1. The Morgan fingerprint density at radius 1 is 1.15 bits per heavy atom. The molecule has 2 aromatic heterocycles. The Morgan fingerprint density at radius 3 is 2.70 bits per heavy atom. The molecule has 0 radical (unpaired) electrons. The largest absolute Gasteiger partial charge is 0.497 e. The highest BCUT2D eigenvalue weighted by Crippen LogP contribution is 2.29. The number of benzene rings is 2. The molecule has 0 aliphatic carbocycles. The minimum atomic E-state index is -0.450. The minimum absolute atomic E-state index is 0.00101. The molecular weight excluding hydrogens is 386 g/mol. The summed E-state index contributed by atoms with van der Waals surface area (Å²) in [5.74, 6) is 0.376. The lowest BCUT2D eigenvalue weighted by Crippen LogP contribution is -2.12. The number of thiazole rings is 1. The minimum Gasteiger partial charge on any atom is -0.497 e. The number of aryl methyl sites for hydroxylation is 1. The van der Waals surface area contributed by atoms with Crippen molar-refractivity contribution in [2.75, 3.05) is 7.11 Å². The lowest BCUT2D eigenvalue weighted by atomic mass is 10.2. The van der Waals surface area contributed by atoms with E-state index in [1.54, 1.807) is 19.2 Å². The van der Waals surface area contributed by atoms with E-state index in [1.807, 2.05) is 29.8 Å². The summed E-state index contributed by atoms with van der Waals surface area (Å²) in [5, 5.41) is 11.6. The van der Waals surface area contributed by atoms with E-state index in [4.69, 9.17) is 4.74 Å². The van der Waals surface area contributed by atoms with Crippen molar-refractivity contribution in [3.05, 3.63) is 62.3 Å². The number of nitro benzene ring substituents is 1. The molecule has 0 spiro atoms. The van der Waals surface area contributed by atoms with E-state index in [9.17, 15) is 14.9 Å². The molecule has 0 aliphatic rings. The van der Waals surface area contributed by atoms with E-state index >= 15 is 0 Å². The summed E-state index contributed by atoms with van der Waals surface area (Å²) in [5.41, 5.74) is 0.959. The summed E-state index contributed by atoms with van der Waals surface area (Å²) in [4.78, 5) is 28.4. The number of carbonyl (C=O) groups excluding carboxylic acids is 1. The summed E-state index contributed by atoms with van der Waals surface area (Å²) in [6, 6.07) is 11.9. The van der Waals surface area contributed by atoms with Gasteiger partial charge in [-0.05, 0) is 30.3 Å². The first kappa shape index (κ1) is 17.4. The Balaban J connectivity index is 1.76. The van der Waals surface area contributed by atoms with E-state index in [2.05, 4.69) is 4.99 Å². The van der Waals surface area contributed by atoms with E-state index in [1.165, 1.54) is 34.8 Å². The van der Waals surface area contributed by atoms with Gasteiger partial charge >= 0.3 is 0 Å². The van der Waals surface area contributed by atoms with E-state index < -0.39 is 4.92 Å². The molecule has 0 saturated carbocycles. The van der Waals surface area contributed by atoms with Gasteiger partial charge in [-0.15, -0.1) is 11.3 Å². The fraction of sp³-hybridized carbons (Fsp3) is 0.111. The van der Waals surface area contributed by atoms with Crippen LogP contribution in [0.1, 0.15) is 9.67 Å². The van der Waals surface area contributed by atoms with Gasteiger partial charge in [0.25, 0.3) is 11.6 Å². The molecular formula is C18H13N3O4S2. The van der Waals surface area contributed by atoms with Crippen molar-refractivity contribution in [3.63, 3.8) is 0 Å². The second-order valence-electron chi connectivity index (χ2n) is 5.78. The first-order valence-electron chi connectivity index (χ1n) is 7.87. The zero-order valence-electron chi connectivity index (χ0n) is 14.3. The van der Waals surface area contributed by atoms with Crippen LogP contribution in [0.3, 0.4) is 0 Å². The third kappa shape index (κ3) is 3.11. The molecule has 0 unspecified atom stereocenters. The second kappa shape index (κ2) is 6.60. The Morgan fingerprint density at radius 2 is 1.96 bits per heavy atom. The molecule has 0 aliphatic heterocycles. The quantitative estimate of drug-likeness (QED) is 0.383. The molecule has 2 heterocycles. The topological polar surface area (TPSA) is 86.7 Å². The molecule has 27 heavy (non-hydrogen) atoms. The average molecular weight is 399 g/mol. The van der Waals surface area contributed by atoms with E-state index in [0.29, 0.717) is 15.1 Å². The number of hydrogen-bond donors (Lipinski definition) is 0. The maximum atomic E-state index is 12.6. The molecule has 4 aromatic rings. The number of fused-ring (bicyclic) bond motifs is 2. The predicted octanol–water partition coefficient (Wildman–Crippen LogP) is 4.11. The van der Waals surface area contributed by atoms with Crippen LogP contribution >= 0.6 is 22.7 Å². The first-order chi connectivity index (χ1) is 13.0. The van der Waals surface area contributed by atoms with E-state index in [0.717, 1.165) is 20.7 Å². The van der Waals surface area contributed by atoms with Gasteiger partial charge in [0, 0.05) is 29.3 Å². The molecule has 0 N–H and O–H groups in total. The van der Waals surface area contributed by atoms with Crippen LogP contribution in [0.15, 0.2) is 47.5 Å². The van der Waals surface area contributed by atoms with E-state index in [-0.39, 0.29) is 11.6 Å². The van der Waals surface area contributed by atoms with Crippen molar-refractivity contribution < 1.29 is 14.5 Å². The third-order valence-electron chi connectivity index (χ3n) is 4.14. The van der Waals surface area contributed by atoms with Crippen LogP contribution in [0.5, 0.6) is 5.75 Å². The fourth-order valence-electron chi connectivity index (χ4n) is 2.74. The summed E-state index contributed by atoms with van der Waals surface area (Å²) < 4.78 is 8.87. The third-order valence-corrected chi connectivity index (χ3v) is 6.33. The van der Waals surface area contributed by atoms with Crippen molar-refractivity contribution >= 4 is 54.6 Å². The Bertz CT molecular complexity index is 1280. The number of aromatic nitrogens is 1. The van der Waals surface area contributed by atoms with Crippen molar-refractivity contribution in [1.29, 1.82) is 0 Å². The Kier molecular flexibility index (Phi) is 4.25. The Hall–Kier alpha value is -3.04. The molecule has 0 fully saturated rings. The maximum Gasteiger partial charge on any atom is 0.289 e. The summed E-state index contributed by atoms with van der Waals surface area (Å²) >= 11 is 2.67. The number of amides is 1. The number of carbonyl (C=O) groups is 1. The highest BCUT2D eigenvalue weighted by Gasteiger charge is 2.14. The van der Waals surface area contributed by atoms with Gasteiger partial charge in [-0.2, -0.15) is 4.99 Å². The van der Waals surface area contributed by atoms with Gasteiger partial charge in [0.15, 0.2) is 4.80 Å². The zero-order valence-corrected chi connectivity index (χ0v) is 16.0. The number of ether oxygens (including phenoxy) is 1. The lowest BCUT2D eigenvalue weighted by molar-refractivity contribution is -0.384. The number of rotatable bonds is 3. The van der Waals surface area contributed by atoms with Crippen LogP contribution in [0.4, 0.5) is 5.69 Å². The van der Waals surface area contributed by atoms with Crippen LogP contribution in [0.2, 0.25) is 0 Å². The van der Waals surface area contributed by atoms with Gasteiger partial charge in [-0.3, -0.25) is 14.9 Å². The van der Waals surface area contributed by atoms with Crippen molar-refractivity contribution in [3.8, 4) is 5.75 Å². The summed E-state index contributed by atoms with van der Waals surface area (Å²) in [7, 11) is 3.46. The van der Waals surface area contributed by atoms with Gasteiger partial charge in [0.2, 0.25) is 0 Å². The molecule has 4 rings (SSSR count). The van der Waals surface area contributed by atoms with Crippen LogP contribution in [0.25, 0.3) is 20.3 Å². The standard InChI is InChI=1S/C18H13N3O4S2/c1-20-13-5-4-12(25-2)9-15(13)27-18(20)19-17(22)16-8-10-7-11(21(23)24)3-6-14(10)26-16/h3-9H,1-2H3. The molecule has 7 nitrogen and oxygen atoms in total. The van der Waals surface area contributed by atoms with Crippen LogP contribution in [0, 0.1) is 10.1 Å². The monoisotopic (exact) mass is 399 g/mol. The van der Waals surface area contributed by atoms with Crippen molar-refractivity contribution in [2.45, 2.75) is 0 Å². The SMILES string of the molecule is COc1ccc2c(c1)sc(=NC(=O)c1cc3cc([N+](=O)[O-])ccc3s1)n2C. The van der Waals surface area contributed by atoms with Crippen LogP contribution < -0.4 is 9.54 Å². The summed E-state index contributed by atoms with van der Waals surface area (Å²) in [6.07, 6.45) is 0. The molecule has 9 heteroatoms. The fourth-order valence-corrected chi connectivity index (χ4v) is 4.71. The molecule has 0 saturated heterocycles. The smallest absolute Gasteiger partial charge is 0.289 e. The number of nitrogens with zero attached hydrogens (tertiary/aromatic N) is 3. The second-order valence-corrected chi connectivity index (χ2v) is 7.88. The lowest BCUT2D eigenvalue weighted by Gasteiger charge is -1.99. The van der Waals surface area contributed by atoms with Gasteiger partial charge in [-0.1, -0.05) is 11.3 Å². The summed E-state index contributed by atoms with van der Waals surface area (Å²) in [6.45, 7) is 0. The molecule has 0 bridgehead atoms. The van der Waals surface area contributed by atoms with Crippen LogP contribution in [-0.4, -0.2) is 22.5 Å². The van der Waals surface area contributed by atoms with Gasteiger partial charge < -0.3 is 9.30 Å². The van der Waals surface area contributed by atoms with Gasteiger partial charge in [0.05, 0.1) is 27.1 Å². The predicted molar refractivity (Wildman–Crippen MR) is 106 cm³/mol. The molecule has 0 atom stereocenters. The molecule has 1 amide bonds. The average Bonchev–Trinajstić information content (AvgIpc) is 3.22. The van der Waals surface area contributed by atoms with Gasteiger partial charge in [-0.25, -0.2) is 0 Å². The first-order valence-corrected chi connectivity index (χ1v) is 9.50. The maximum absolute atomic E-state index is 12.6. The van der Waals surface area contributed by atoms with Crippen molar-refractivity contribution in [1.82, 2.24) is 4.57 Å². The Labute approximate surface area is 160 Å². The number of thiophene rings is 1. The molecule has 2 aromatic carbocycles. The highest BCUT2D eigenvalue weighted by molar-refractivity contribution is 7.21. The normalized spacial score (nSPS) is 12.0. The zero-order chi connectivity index (χ0) is 19.1. The molecule has 136 valence electrons. The number of hydrogen-bond acceptors (Lipinski definition) is 6. The number of non-ortho nitro benzene ring substituents is 1. The van der Waals surface area contributed by atoms with Gasteiger partial charge in [0.1, 0.15) is 5.75 Å². The van der Waals surface area contributed by atoms with Crippen molar-refractivity contribution in [2.24, 2.45) is 12.0 Å². The number of methoxy groups -OCH3 is 1.